The Morgan fingerprint density at radius 1 is 0.963 bits per heavy atom. The van der Waals surface area contributed by atoms with Crippen LogP contribution in [0.3, 0.4) is 0 Å². The summed E-state index contributed by atoms with van der Waals surface area (Å²) in [7, 11) is 0. The molecule has 0 spiro atoms. The first kappa shape index (κ1) is 22.0. The number of hydrogen-bond acceptors (Lipinski definition) is 0. The van der Waals surface area contributed by atoms with E-state index in [0.29, 0.717) is 0 Å². The quantitative estimate of drug-likeness (QED) is 0.257. The molecule has 0 saturated heterocycles. The van der Waals surface area contributed by atoms with Crippen LogP contribution < -0.4 is 0 Å². The zero-order valence-electron chi connectivity index (χ0n) is 18.1. The first-order valence-electron chi connectivity index (χ1n) is 11.4. The van der Waals surface area contributed by atoms with Gasteiger partial charge in [-0.05, 0) is 87.5 Å². The van der Waals surface area contributed by atoms with E-state index in [1.165, 1.54) is 75.3 Å². The summed E-state index contributed by atoms with van der Waals surface area (Å²) in [6, 6.07) is 11.0. The molecular formula is C27H42. The standard InChI is InChI=1S/C27H42/c1-22(2)15-9-5-6-13-19-26-23(3)21-24(4)27(26)20-14-8-12-18-25-16-10-7-11-17-25/h6-7,10-11,13,16-17,23-24,26-27H,1,5,8-9,12,14-15,18-21H2,2-4H3/b13-6-/t23-,24+,26-,27?/m0/s1. The van der Waals surface area contributed by atoms with E-state index in [-0.39, 0.29) is 0 Å². The number of rotatable bonds is 12. The second-order valence-corrected chi connectivity index (χ2v) is 9.16. The minimum Gasteiger partial charge on any atom is -0.100 e. The van der Waals surface area contributed by atoms with Crippen LogP contribution in [0.1, 0.15) is 84.1 Å². The number of aryl methyl sites for hydroxylation is 1. The Hall–Kier alpha value is -1.30. The Kier molecular flexibility index (Phi) is 9.95. The molecule has 1 unspecified atom stereocenters. The van der Waals surface area contributed by atoms with Crippen LogP contribution >= 0.6 is 0 Å². The molecule has 27 heavy (non-hydrogen) atoms. The van der Waals surface area contributed by atoms with Gasteiger partial charge >= 0.3 is 0 Å². The number of allylic oxidation sites excluding steroid dienone is 3. The first-order valence-corrected chi connectivity index (χ1v) is 11.4. The smallest absolute Gasteiger partial charge is 0.0279 e. The van der Waals surface area contributed by atoms with Crippen LogP contribution in [-0.2, 0) is 6.42 Å². The fourth-order valence-electron chi connectivity index (χ4n) is 5.11. The van der Waals surface area contributed by atoms with Crippen LogP contribution in [0.2, 0.25) is 0 Å². The van der Waals surface area contributed by atoms with Crippen molar-refractivity contribution in [2.24, 2.45) is 23.7 Å². The molecule has 4 atom stereocenters. The van der Waals surface area contributed by atoms with Crippen molar-refractivity contribution < 1.29 is 0 Å². The normalized spacial score (nSPS) is 25.3. The SMILES string of the molecule is C=C(C)CCC/C=C\C[C@@H]1C(CCCCCc2ccccc2)[C@H](C)C[C@@H]1C. The maximum atomic E-state index is 4.00. The van der Waals surface area contributed by atoms with Crippen LogP contribution in [0.25, 0.3) is 0 Å². The molecule has 0 heteroatoms. The second kappa shape index (κ2) is 12.2. The maximum absolute atomic E-state index is 4.00. The van der Waals surface area contributed by atoms with Gasteiger partial charge in [-0.3, -0.25) is 0 Å². The minimum absolute atomic E-state index is 0.898. The third-order valence-corrected chi connectivity index (χ3v) is 6.65. The minimum atomic E-state index is 0.898. The zero-order chi connectivity index (χ0) is 19.5. The van der Waals surface area contributed by atoms with Gasteiger partial charge in [-0.15, -0.1) is 6.58 Å². The summed E-state index contributed by atoms with van der Waals surface area (Å²) in [5.41, 5.74) is 2.81. The van der Waals surface area contributed by atoms with Crippen LogP contribution in [0.4, 0.5) is 0 Å². The number of benzene rings is 1. The van der Waals surface area contributed by atoms with Gasteiger partial charge in [0, 0.05) is 0 Å². The average Bonchev–Trinajstić information content (AvgIpc) is 2.91. The lowest BCUT2D eigenvalue weighted by atomic mass is 9.82. The highest BCUT2D eigenvalue weighted by Crippen LogP contribution is 2.45. The molecule has 0 radical (unpaired) electrons. The Balaban J connectivity index is 1.67. The molecule has 0 amide bonds. The van der Waals surface area contributed by atoms with Gasteiger partial charge in [0.25, 0.3) is 0 Å². The summed E-state index contributed by atoms with van der Waals surface area (Å²) in [5, 5.41) is 0. The van der Waals surface area contributed by atoms with Crippen LogP contribution in [0.15, 0.2) is 54.6 Å². The lowest BCUT2D eigenvalue weighted by molar-refractivity contribution is 0.275. The molecule has 1 saturated carbocycles. The van der Waals surface area contributed by atoms with Crippen molar-refractivity contribution in [1.29, 1.82) is 0 Å². The van der Waals surface area contributed by atoms with E-state index in [1.807, 2.05) is 0 Å². The van der Waals surface area contributed by atoms with Crippen molar-refractivity contribution in [2.45, 2.75) is 85.0 Å². The van der Waals surface area contributed by atoms with Crippen molar-refractivity contribution in [3.8, 4) is 0 Å². The fourth-order valence-corrected chi connectivity index (χ4v) is 5.11. The molecule has 0 aliphatic heterocycles. The zero-order valence-corrected chi connectivity index (χ0v) is 18.1. The predicted molar refractivity (Wildman–Crippen MR) is 121 cm³/mol. The van der Waals surface area contributed by atoms with Crippen LogP contribution in [0, 0.1) is 23.7 Å². The average molecular weight is 367 g/mol. The monoisotopic (exact) mass is 366 g/mol. The third-order valence-electron chi connectivity index (χ3n) is 6.65. The molecule has 1 aromatic carbocycles. The highest BCUT2D eigenvalue weighted by Gasteiger charge is 2.37. The van der Waals surface area contributed by atoms with Gasteiger partial charge in [-0.1, -0.05) is 74.7 Å². The Morgan fingerprint density at radius 3 is 2.44 bits per heavy atom. The number of hydrogen-bond donors (Lipinski definition) is 0. The van der Waals surface area contributed by atoms with E-state index >= 15 is 0 Å². The Morgan fingerprint density at radius 2 is 1.70 bits per heavy atom. The van der Waals surface area contributed by atoms with Gasteiger partial charge < -0.3 is 0 Å². The Bertz CT molecular complexity index is 553. The fraction of sp³-hybridized carbons (Fsp3) is 0.630. The topological polar surface area (TPSA) is 0 Å². The first-order chi connectivity index (χ1) is 13.1. The third kappa shape index (κ3) is 8.08. The van der Waals surface area contributed by atoms with E-state index < -0.39 is 0 Å². The lowest BCUT2D eigenvalue weighted by Crippen LogP contribution is -2.15. The summed E-state index contributed by atoms with van der Waals surface area (Å²) in [6.07, 6.45) is 18.1. The summed E-state index contributed by atoms with van der Waals surface area (Å²) in [5.74, 6) is 3.66. The second-order valence-electron chi connectivity index (χ2n) is 9.16. The molecule has 1 aliphatic carbocycles. The van der Waals surface area contributed by atoms with Crippen molar-refractivity contribution in [3.05, 3.63) is 60.2 Å². The van der Waals surface area contributed by atoms with Crippen LogP contribution in [-0.4, -0.2) is 0 Å². The molecule has 0 bridgehead atoms. The summed E-state index contributed by atoms with van der Waals surface area (Å²) < 4.78 is 0. The molecule has 150 valence electrons. The molecule has 0 nitrogen and oxygen atoms in total. The maximum Gasteiger partial charge on any atom is -0.0279 e. The number of unbranched alkanes of at least 4 members (excludes halogenated alkanes) is 3. The van der Waals surface area contributed by atoms with Gasteiger partial charge in [0.2, 0.25) is 0 Å². The van der Waals surface area contributed by atoms with E-state index in [9.17, 15) is 0 Å². The van der Waals surface area contributed by atoms with Crippen molar-refractivity contribution in [2.75, 3.05) is 0 Å². The molecule has 0 aromatic heterocycles. The molecule has 2 rings (SSSR count). The van der Waals surface area contributed by atoms with Gasteiger partial charge in [-0.2, -0.15) is 0 Å². The van der Waals surface area contributed by atoms with Gasteiger partial charge in [0.1, 0.15) is 0 Å². The molecule has 0 N–H and O–H groups in total. The van der Waals surface area contributed by atoms with E-state index in [1.54, 1.807) is 0 Å². The van der Waals surface area contributed by atoms with Crippen molar-refractivity contribution >= 4 is 0 Å². The molecule has 1 fully saturated rings. The van der Waals surface area contributed by atoms with Crippen LogP contribution in [0.5, 0.6) is 0 Å². The Labute approximate surface area is 169 Å². The molecule has 1 aromatic rings. The van der Waals surface area contributed by atoms with Gasteiger partial charge in [-0.25, -0.2) is 0 Å². The summed E-state index contributed by atoms with van der Waals surface area (Å²) in [4.78, 5) is 0. The molecular weight excluding hydrogens is 324 g/mol. The highest BCUT2D eigenvalue weighted by molar-refractivity contribution is 5.14. The molecule has 0 heterocycles. The highest BCUT2D eigenvalue weighted by atomic mass is 14.4. The van der Waals surface area contributed by atoms with Crippen molar-refractivity contribution in [1.82, 2.24) is 0 Å². The molecule has 1 aliphatic rings. The van der Waals surface area contributed by atoms with Gasteiger partial charge in [0.15, 0.2) is 0 Å². The summed E-state index contributed by atoms with van der Waals surface area (Å²) in [6.45, 7) is 11.1. The lowest BCUT2D eigenvalue weighted by Gasteiger charge is -2.24. The summed E-state index contributed by atoms with van der Waals surface area (Å²) >= 11 is 0. The van der Waals surface area contributed by atoms with Gasteiger partial charge in [0.05, 0.1) is 0 Å². The van der Waals surface area contributed by atoms with E-state index in [4.69, 9.17) is 0 Å². The largest absolute Gasteiger partial charge is 0.100 e. The van der Waals surface area contributed by atoms with E-state index in [0.717, 1.165) is 23.7 Å². The van der Waals surface area contributed by atoms with Crippen molar-refractivity contribution in [3.63, 3.8) is 0 Å². The predicted octanol–water partition coefficient (Wildman–Crippen LogP) is 8.39. The van der Waals surface area contributed by atoms with E-state index in [2.05, 4.69) is 69.8 Å².